The first-order valence-corrected chi connectivity index (χ1v) is 8.67. The van der Waals surface area contributed by atoms with Crippen molar-refractivity contribution in [3.05, 3.63) is 60.0 Å². The lowest BCUT2D eigenvalue weighted by Gasteiger charge is -2.19. The predicted octanol–water partition coefficient (Wildman–Crippen LogP) is 4.02. The van der Waals surface area contributed by atoms with Gasteiger partial charge in [0.25, 0.3) is 0 Å². The summed E-state index contributed by atoms with van der Waals surface area (Å²) in [4.78, 5) is 11.6. The van der Waals surface area contributed by atoms with E-state index < -0.39 is 0 Å². The molecule has 1 fully saturated rings. The van der Waals surface area contributed by atoms with Crippen LogP contribution in [0, 0.1) is 18.7 Å². The number of hydrogen-bond donors (Lipinski definition) is 1. The number of nitrogens with one attached hydrogen (secondary N) is 1. The molecule has 4 nitrogen and oxygen atoms in total. The topological polar surface area (TPSA) is 41.1 Å². The van der Waals surface area contributed by atoms with E-state index >= 15 is 0 Å². The van der Waals surface area contributed by atoms with E-state index in [2.05, 4.69) is 15.2 Å². The first-order chi connectivity index (χ1) is 12.2. The van der Waals surface area contributed by atoms with Gasteiger partial charge in [-0.2, -0.15) is 0 Å². The largest absolute Gasteiger partial charge is 0.371 e. The first kappa shape index (κ1) is 15.8. The van der Waals surface area contributed by atoms with Gasteiger partial charge in [0.15, 0.2) is 0 Å². The van der Waals surface area contributed by atoms with Gasteiger partial charge in [0.2, 0.25) is 0 Å². The Labute approximate surface area is 146 Å². The van der Waals surface area contributed by atoms with E-state index in [1.54, 1.807) is 0 Å². The maximum atomic E-state index is 13.1. The van der Waals surface area contributed by atoms with Crippen molar-refractivity contribution in [2.75, 3.05) is 29.9 Å². The summed E-state index contributed by atoms with van der Waals surface area (Å²) in [7, 11) is 0. The molecule has 3 aromatic rings. The van der Waals surface area contributed by atoms with Crippen molar-refractivity contribution in [1.29, 1.82) is 0 Å². The number of aromatic nitrogens is 2. The van der Waals surface area contributed by atoms with E-state index in [1.165, 1.54) is 12.1 Å². The summed E-state index contributed by atoms with van der Waals surface area (Å²) in [6.45, 7) is 4.83. The molecular formula is C20H21FN4. The number of nitrogens with zero attached hydrogens (tertiary/aromatic N) is 3. The summed E-state index contributed by atoms with van der Waals surface area (Å²) in [6, 6.07) is 14.7. The number of fused-ring (bicyclic) bond motifs is 1. The van der Waals surface area contributed by atoms with Crippen molar-refractivity contribution in [3.63, 3.8) is 0 Å². The second-order valence-corrected chi connectivity index (χ2v) is 6.60. The van der Waals surface area contributed by atoms with Crippen LogP contribution < -0.4 is 10.2 Å². The van der Waals surface area contributed by atoms with Crippen LogP contribution in [-0.4, -0.2) is 29.6 Å². The molecule has 0 unspecified atom stereocenters. The van der Waals surface area contributed by atoms with Crippen molar-refractivity contribution >= 4 is 22.5 Å². The number of hydrogen-bond acceptors (Lipinski definition) is 4. The first-order valence-electron chi connectivity index (χ1n) is 8.67. The SMILES string of the molecule is Cc1nc2ccccc2nc1NC[C@@H]1CCN(c2ccc(F)cc2)C1. The molecule has 0 saturated carbocycles. The molecule has 5 heteroatoms. The summed E-state index contributed by atoms with van der Waals surface area (Å²) in [6.07, 6.45) is 1.12. The van der Waals surface area contributed by atoms with Gasteiger partial charge in [0.1, 0.15) is 11.6 Å². The zero-order valence-electron chi connectivity index (χ0n) is 14.2. The number of benzene rings is 2. The molecule has 2 aromatic carbocycles. The maximum Gasteiger partial charge on any atom is 0.148 e. The van der Waals surface area contributed by atoms with Gasteiger partial charge in [0.05, 0.1) is 16.7 Å². The standard InChI is InChI=1S/C20H21FN4/c1-14-20(24-19-5-3-2-4-18(19)23-14)22-12-15-10-11-25(13-15)17-8-6-16(21)7-9-17/h2-9,15H,10-13H2,1H3,(H,22,24)/t15-/m0/s1. The fraction of sp³-hybridized carbons (Fsp3) is 0.300. The second-order valence-electron chi connectivity index (χ2n) is 6.60. The number of para-hydroxylation sites is 2. The molecule has 128 valence electrons. The van der Waals surface area contributed by atoms with Crippen molar-refractivity contribution in [2.45, 2.75) is 13.3 Å². The van der Waals surface area contributed by atoms with Crippen LogP contribution in [0.1, 0.15) is 12.1 Å². The van der Waals surface area contributed by atoms with E-state index in [1.807, 2.05) is 43.3 Å². The molecule has 2 heterocycles. The summed E-state index contributed by atoms with van der Waals surface area (Å²) < 4.78 is 13.1. The normalized spacial score (nSPS) is 17.2. The molecule has 1 aromatic heterocycles. The van der Waals surface area contributed by atoms with Gasteiger partial charge < -0.3 is 10.2 Å². The molecule has 1 saturated heterocycles. The Balaban J connectivity index is 1.40. The molecule has 1 aliphatic heterocycles. The van der Waals surface area contributed by atoms with Gasteiger partial charge in [-0.15, -0.1) is 0 Å². The Morgan fingerprint density at radius 1 is 1.08 bits per heavy atom. The average Bonchev–Trinajstić information content (AvgIpc) is 3.09. The predicted molar refractivity (Wildman–Crippen MR) is 99.5 cm³/mol. The van der Waals surface area contributed by atoms with Crippen LogP contribution in [0.4, 0.5) is 15.9 Å². The molecule has 1 N–H and O–H groups in total. The van der Waals surface area contributed by atoms with Crippen LogP contribution in [0.25, 0.3) is 11.0 Å². The quantitative estimate of drug-likeness (QED) is 0.781. The number of rotatable bonds is 4. The van der Waals surface area contributed by atoms with Crippen molar-refractivity contribution in [2.24, 2.45) is 5.92 Å². The lowest BCUT2D eigenvalue weighted by Crippen LogP contribution is -2.22. The van der Waals surface area contributed by atoms with Gasteiger partial charge in [0, 0.05) is 25.3 Å². The van der Waals surface area contributed by atoms with Crippen LogP contribution >= 0.6 is 0 Å². The molecule has 0 bridgehead atoms. The number of aryl methyl sites for hydroxylation is 1. The smallest absolute Gasteiger partial charge is 0.148 e. The molecule has 0 amide bonds. The van der Waals surface area contributed by atoms with Gasteiger partial charge >= 0.3 is 0 Å². The fourth-order valence-electron chi connectivity index (χ4n) is 3.38. The minimum absolute atomic E-state index is 0.188. The van der Waals surface area contributed by atoms with Gasteiger partial charge in [-0.1, -0.05) is 12.1 Å². The monoisotopic (exact) mass is 336 g/mol. The van der Waals surface area contributed by atoms with Crippen molar-refractivity contribution in [1.82, 2.24) is 9.97 Å². The third-order valence-corrected chi connectivity index (χ3v) is 4.78. The van der Waals surface area contributed by atoms with E-state index in [-0.39, 0.29) is 5.82 Å². The van der Waals surface area contributed by atoms with E-state index in [9.17, 15) is 4.39 Å². The fourth-order valence-corrected chi connectivity index (χ4v) is 3.38. The summed E-state index contributed by atoms with van der Waals surface area (Å²) in [5, 5.41) is 3.47. The Morgan fingerprint density at radius 3 is 2.56 bits per heavy atom. The third-order valence-electron chi connectivity index (χ3n) is 4.78. The van der Waals surface area contributed by atoms with Gasteiger partial charge in [-0.25, -0.2) is 14.4 Å². The average molecular weight is 336 g/mol. The Morgan fingerprint density at radius 2 is 1.80 bits per heavy atom. The molecule has 25 heavy (non-hydrogen) atoms. The molecule has 1 atom stereocenters. The van der Waals surface area contributed by atoms with Gasteiger partial charge in [-0.3, -0.25) is 0 Å². The van der Waals surface area contributed by atoms with Crippen LogP contribution in [0.3, 0.4) is 0 Å². The highest BCUT2D eigenvalue weighted by molar-refractivity contribution is 5.76. The Hall–Kier alpha value is -2.69. The van der Waals surface area contributed by atoms with Gasteiger partial charge in [-0.05, 0) is 55.7 Å². The molecule has 0 aliphatic carbocycles. The molecular weight excluding hydrogens is 315 g/mol. The minimum atomic E-state index is -0.188. The van der Waals surface area contributed by atoms with Crippen LogP contribution in [0.2, 0.25) is 0 Å². The zero-order chi connectivity index (χ0) is 17.2. The summed E-state index contributed by atoms with van der Waals surface area (Å²) in [5.41, 5.74) is 3.85. The highest BCUT2D eigenvalue weighted by Crippen LogP contribution is 2.25. The highest BCUT2D eigenvalue weighted by Gasteiger charge is 2.23. The molecule has 1 aliphatic rings. The van der Waals surface area contributed by atoms with Crippen molar-refractivity contribution < 1.29 is 4.39 Å². The zero-order valence-corrected chi connectivity index (χ0v) is 14.2. The van der Waals surface area contributed by atoms with E-state index in [0.717, 1.165) is 54.3 Å². The molecule has 0 spiro atoms. The minimum Gasteiger partial charge on any atom is -0.371 e. The summed E-state index contributed by atoms with van der Waals surface area (Å²) in [5.74, 6) is 1.21. The molecule has 4 rings (SSSR count). The second kappa shape index (κ2) is 6.67. The number of anilines is 2. The summed E-state index contributed by atoms with van der Waals surface area (Å²) >= 11 is 0. The third kappa shape index (κ3) is 3.40. The number of halogens is 1. The Bertz CT molecular complexity index is 879. The van der Waals surface area contributed by atoms with Crippen LogP contribution in [-0.2, 0) is 0 Å². The maximum absolute atomic E-state index is 13.1. The lowest BCUT2D eigenvalue weighted by atomic mass is 10.1. The van der Waals surface area contributed by atoms with Crippen LogP contribution in [0.5, 0.6) is 0 Å². The van der Waals surface area contributed by atoms with Crippen molar-refractivity contribution in [3.8, 4) is 0 Å². The van der Waals surface area contributed by atoms with E-state index in [4.69, 9.17) is 4.98 Å². The highest BCUT2D eigenvalue weighted by atomic mass is 19.1. The molecule has 0 radical (unpaired) electrons. The lowest BCUT2D eigenvalue weighted by molar-refractivity contribution is 0.620. The van der Waals surface area contributed by atoms with Crippen LogP contribution in [0.15, 0.2) is 48.5 Å². The Kier molecular flexibility index (Phi) is 4.22. The van der Waals surface area contributed by atoms with E-state index in [0.29, 0.717) is 5.92 Å².